The predicted octanol–water partition coefficient (Wildman–Crippen LogP) is -2.01. The Morgan fingerprint density at radius 2 is 2.33 bits per heavy atom. The van der Waals surface area contributed by atoms with Gasteiger partial charge in [-0.3, -0.25) is 0 Å². The standard InChI is InChI=1S/C5H12N2O2/c6-5(9)4-3(8)1-2-7-4/h3-5,7-9H,1-2,6H2/t3?,4-,5?/m0/s1. The molecule has 4 nitrogen and oxygen atoms in total. The van der Waals surface area contributed by atoms with Crippen LogP contribution in [0.25, 0.3) is 0 Å². The summed E-state index contributed by atoms with van der Waals surface area (Å²) in [5.74, 6) is 0. The van der Waals surface area contributed by atoms with Gasteiger partial charge in [0.05, 0.1) is 12.1 Å². The van der Waals surface area contributed by atoms with Gasteiger partial charge in [0.25, 0.3) is 0 Å². The number of nitrogens with one attached hydrogen (secondary N) is 1. The lowest BCUT2D eigenvalue weighted by atomic mass is 10.1. The molecule has 1 aliphatic heterocycles. The molecule has 0 saturated carbocycles. The monoisotopic (exact) mass is 132 g/mol. The Balaban J connectivity index is 2.40. The van der Waals surface area contributed by atoms with Crippen LogP contribution in [-0.2, 0) is 0 Å². The van der Waals surface area contributed by atoms with Gasteiger partial charge in [0.2, 0.25) is 0 Å². The summed E-state index contributed by atoms with van der Waals surface area (Å²) in [5, 5.41) is 20.7. The quantitative estimate of drug-likeness (QED) is 0.311. The Bertz CT molecular complexity index is 97.0. The molecule has 0 aromatic rings. The number of aliphatic hydroxyl groups is 2. The van der Waals surface area contributed by atoms with E-state index in [-0.39, 0.29) is 6.04 Å². The minimum atomic E-state index is -0.942. The average molecular weight is 132 g/mol. The molecule has 54 valence electrons. The molecule has 1 saturated heterocycles. The maximum Gasteiger partial charge on any atom is 0.120 e. The Labute approximate surface area is 53.7 Å². The highest BCUT2D eigenvalue weighted by atomic mass is 16.3. The SMILES string of the molecule is NC(O)[C@H]1NCCC1O. The van der Waals surface area contributed by atoms with E-state index in [0.29, 0.717) is 6.42 Å². The van der Waals surface area contributed by atoms with E-state index in [4.69, 9.17) is 15.9 Å². The lowest BCUT2D eigenvalue weighted by Gasteiger charge is -2.16. The van der Waals surface area contributed by atoms with Crippen molar-refractivity contribution >= 4 is 0 Å². The molecule has 0 aromatic carbocycles. The van der Waals surface area contributed by atoms with Gasteiger partial charge in [-0.2, -0.15) is 0 Å². The molecule has 0 aliphatic carbocycles. The summed E-state index contributed by atoms with van der Waals surface area (Å²) >= 11 is 0. The second-order valence-corrected chi connectivity index (χ2v) is 2.33. The number of hydrogen-bond acceptors (Lipinski definition) is 4. The first kappa shape index (κ1) is 6.95. The van der Waals surface area contributed by atoms with Gasteiger partial charge < -0.3 is 21.3 Å². The van der Waals surface area contributed by atoms with Crippen molar-refractivity contribution in [1.82, 2.24) is 5.32 Å². The van der Waals surface area contributed by atoms with Gasteiger partial charge in [-0.05, 0) is 13.0 Å². The van der Waals surface area contributed by atoms with Crippen molar-refractivity contribution in [3.63, 3.8) is 0 Å². The molecule has 3 atom stereocenters. The fourth-order valence-corrected chi connectivity index (χ4v) is 1.06. The minimum Gasteiger partial charge on any atom is -0.391 e. The molecule has 0 radical (unpaired) electrons. The summed E-state index contributed by atoms with van der Waals surface area (Å²) in [5.41, 5.74) is 5.12. The fourth-order valence-electron chi connectivity index (χ4n) is 1.06. The first-order valence-corrected chi connectivity index (χ1v) is 3.07. The van der Waals surface area contributed by atoms with Crippen molar-refractivity contribution in [2.45, 2.75) is 24.8 Å². The summed E-state index contributed by atoms with van der Waals surface area (Å²) in [6.45, 7) is 0.736. The number of aliphatic hydroxyl groups excluding tert-OH is 2. The molecule has 1 aliphatic rings. The molecule has 0 aromatic heterocycles. The van der Waals surface area contributed by atoms with Gasteiger partial charge in [-0.25, -0.2) is 0 Å². The Morgan fingerprint density at radius 3 is 2.56 bits per heavy atom. The van der Waals surface area contributed by atoms with E-state index >= 15 is 0 Å². The Kier molecular flexibility index (Phi) is 2.02. The van der Waals surface area contributed by atoms with Crippen molar-refractivity contribution in [2.24, 2.45) is 5.73 Å². The summed E-state index contributed by atoms with van der Waals surface area (Å²) in [6.07, 6.45) is -0.744. The third kappa shape index (κ3) is 1.40. The molecule has 1 fully saturated rings. The molecule has 0 bridgehead atoms. The number of hydrogen-bond donors (Lipinski definition) is 4. The normalized spacial score (nSPS) is 39.0. The largest absolute Gasteiger partial charge is 0.391 e. The van der Waals surface area contributed by atoms with Gasteiger partial charge >= 0.3 is 0 Å². The summed E-state index contributed by atoms with van der Waals surface area (Å²) in [4.78, 5) is 0. The lowest BCUT2D eigenvalue weighted by molar-refractivity contribution is 0.0668. The molecule has 0 amide bonds. The van der Waals surface area contributed by atoms with E-state index in [1.165, 1.54) is 0 Å². The van der Waals surface area contributed by atoms with Crippen LogP contribution in [0.4, 0.5) is 0 Å². The molecular formula is C5H12N2O2. The minimum absolute atomic E-state index is 0.329. The summed E-state index contributed by atoms with van der Waals surface area (Å²) in [7, 11) is 0. The fraction of sp³-hybridized carbons (Fsp3) is 1.00. The zero-order chi connectivity index (χ0) is 6.85. The Morgan fingerprint density at radius 1 is 1.67 bits per heavy atom. The highest BCUT2D eigenvalue weighted by molar-refractivity contribution is 4.85. The van der Waals surface area contributed by atoms with Gasteiger partial charge in [-0.15, -0.1) is 0 Å². The van der Waals surface area contributed by atoms with Gasteiger partial charge in [0.1, 0.15) is 6.23 Å². The third-order valence-electron chi connectivity index (χ3n) is 1.60. The van der Waals surface area contributed by atoms with Crippen molar-refractivity contribution in [3.8, 4) is 0 Å². The number of nitrogens with two attached hydrogens (primary N) is 1. The molecule has 4 heteroatoms. The zero-order valence-corrected chi connectivity index (χ0v) is 5.12. The molecule has 2 unspecified atom stereocenters. The van der Waals surface area contributed by atoms with E-state index in [1.54, 1.807) is 0 Å². The molecule has 0 spiro atoms. The van der Waals surface area contributed by atoms with Crippen LogP contribution in [-0.4, -0.2) is 35.1 Å². The van der Waals surface area contributed by atoms with Crippen LogP contribution in [0.3, 0.4) is 0 Å². The maximum atomic E-state index is 9.06. The molecule has 5 N–H and O–H groups in total. The Hall–Kier alpha value is -0.160. The first-order chi connectivity index (χ1) is 4.22. The van der Waals surface area contributed by atoms with Crippen LogP contribution < -0.4 is 11.1 Å². The van der Waals surface area contributed by atoms with Crippen molar-refractivity contribution in [2.75, 3.05) is 6.54 Å². The van der Waals surface area contributed by atoms with Crippen molar-refractivity contribution in [1.29, 1.82) is 0 Å². The van der Waals surface area contributed by atoms with Crippen molar-refractivity contribution in [3.05, 3.63) is 0 Å². The second kappa shape index (κ2) is 2.62. The average Bonchev–Trinajstić information content (AvgIpc) is 2.13. The number of rotatable bonds is 1. The summed E-state index contributed by atoms with van der Waals surface area (Å²) in [6, 6.07) is -0.329. The maximum absolute atomic E-state index is 9.06. The lowest BCUT2D eigenvalue weighted by Crippen LogP contribution is -2.46. The molecular weight excluding hydrogens is 120 g/mol. The molecule has 9 heavy (non-hydrogen) atoms. The van der Waals surface area contributed by atoms with Crippen molar-refractivity contribution < 1.29 is 10.2 Å². The summed E-state index contributed by atoms with van der Waals surface area (Å²) < 4.78 is 0. The van der Waals surface area contributed by atoms with Gasteiger partial charge in [0, 0.05) is 0 Å². The van der Waals surface area contributed by atoms with Crippen LogP contribution >= 0.6 is 0 Å². The second-order valence-electron chi connectivity index (χ2n) is 2.33. The van der Waals surface area contributed by atoms with E-state index in [2.05, 4.69) is 5.32 Å². The third-order valence-corrected chi connectivity index (χ3v) is 1.60. The van der Waals surface area contributed by atoms with E-state index in [9.17, 15) is 0 Å². The van der Waals surface area contributed by atoms with E-state index in [0.717, 1.165) is 6.54 Å². The van der Waals surface area contributed by atoms with Crippen LogP contribution in [0.15, 0.2) is 0 Å². The van der Waals surface area contributed by atoms with Crippen LogP contribution in [0.5, 0.6) is 0 Å². The van der Waals surface area contributed by atoms with Crippen LogP contribution in [0, 0.1) is 0 Å². The molecule has 1 heterocycles. The van der Waals surface area contributed by atoms with Crippen LogP contribution in [0.1, 0.15) is 6.42 Å². The first-order valence-electron chi connectivity index (χ1n) is 3.07. The highest BCUT2D eigenvalue weighted by Gasteiger charge is 2.28. The highest BCUT2D eigenvalue weighted by Crippen LogP contribution is 2.07. The van der Waals surface area contributed by atoms with E-state index in [1.807, 2.05) is 0 Å². The van der Waals surface area contributed by atoms with Gasteiger partial charge in [-0.1, -0.05) is 0 Å². The predicted molar refractivity (Wildman–Crippen MR) is 32.6 cm³/mol. The zero-order valence-electron chi connectivity index (χ0n) is 5.12. The molecule has 1 rings (SSSR count). The van der Waals surface area contributed by atoms with E-state index < -0.39 is 12.3 Å². The van der Waals surface area contributed by atoms with Gasteiger partial charge in [0.15, 0.2) is 0 Å². The topological polar surface area (TPSA) is 78.5 Å². The van der Waals surface area contributed by atoms with Crippen LogP contribution in [0.2, 0.25) is 0 Å². The smallest absolute Gasteiger partial charge is 0.120 e.